The van der Waals surface area contributed by atoms with Crippen molar-refractivity contribution in [1.29, 1.82) is 0 Å². The molecular weight excluding hydrogens is 238 g/mol. The quantitative estimate of drug-likeness (QED) is 0.781. The summed E-state index contributed by atoms with van der Waals surface area (Å²) in [6.45, 7) is 2.57. The van der Waals surface area contributed by atoms with Gasteiger partial charge in [0, 0.05) is 32.6 Å². The van der Waals surface area contributed by atoms with Crippen LogP contribution in [0.4, 0.5) is 0 Å². The molecule has 1 aromatic rings. The Morgan fingerprint density at radius 3 is 3.11 bits per heavy atom. The van der Waals surface area contributed by atoms with Crippen LogP contribution in [0.2, 0.25) is 0 Å². The average Bonchev–Trinajstić information content (AvgIpc) is 2.96. The first kappa shape index (κ1) is 13.0. The summed E-state index contributed by atoms with van der Waals surface area (Å²) in [6.07, 6.45) is 1.48. The van der Waals surface area contributed by atoms with E-state index in [9.17, 15) is 4.79 Å². The molecular formula is C11H17N3O4. The minimum atomic E-state index is -1.05. The Morgan fingerprint density at radius 1 is 1.67 bits per heavy atom. The molecule has 1 unspecified atom stereocenters. The van der Waals surface area contributed by atoms with Gasteiger partial charge in [-0.2, -0.15) is 0 Å². The molecule has 0 bridgehead atoms. The van der Waals surface area contributed by atoms with Crippen LogP contribution in [0.25, 0.3) is 0 Å². The van der Waals surface area contributed by atoms with Gasteiger partial charge in [0.1, 0.15) is 0 Å². The Morgan fingerprint density at radius 2 is 2.50 bits per heavy atom. The summed E-state index contributed by atoms with van der Waals surface area (Å²) in [7, 11) is 1.58. The van der Waals surface area contributed by atoms with Gasteiger partial charge in [-0.1, -0.05) is 5.21 Å². The molecule has 1 aliphatic heterocycles. The van der Waals surface area contributed by atoms with Crippen LogP contribution in [0.5, 0.6) is 0 Å². The molecule has 1 aliphatic rings. The van der Waals surface area contributed by atoms with Gasteiger partial charge < -0.3 is 14.6 Å². The van der Waals surface area contributed by atoms with Crippen molar-refractivity contribution in [3.63, 3.8) is 0 Å². The Balaban J connectivity index is 2.14. The fourth-order valence-corrected chi connectivity index (χ4v) is 2.06. The van der Waals surface area contributed by atoms with Crippen LogP contribution < -0.4 is 0 Å². The average molecular weight is 255 g/mol. The van der Waals surface area contributed by atoms with Gasteiger partial charge in [-0.05, 0) is 6.42 Å². The van der Waals surface area contributed by atoms with E-state index in [1.54, 1.807) is 11.8 Å². The predicted octanol–water partition coefficient (Wildman–Crippen LogP) is 0.202. The highest BCUT2D eigenvalue weighted by atomic mass is 16.5. The monoisotopic (exact) mass is 255 g/mol. The molecule has 1 N–H and O–H groups in total. The number of hydrogen-bond acceptors (Lipinski definition) is 5. The third kappa shape index (κ3) is 2.85. The van der Waals surface area contributed by atoms with Crippen LogP contribution in [-0.2, 0) is 22.4 Å². The smallest absolute Gasteiger partial charge is 0.358 e. The molecule has 0 aromatic carbocycles. The second-order valence-corrected chi connectivity index (χ2v) is 4.34. The molecule has 0 saturated carbocycles. The minimum Gasteiger partial charge on any atom is -0.476 e. The number of methoxy groups -OCH3 is 1. The van der Waals surface area contributed by atoms with Crippen molar-refractivity contribution >= 4 is 5.97 Å². The molecule has 0 spiro atoms. The van der Waals surface area contributed by atoms with E-state index in [1.807, 2.05) is 0 Å². The van der Waals surface area contributed by atoms with Gasteiger partial charge in [0.2, 0.25) is 0 Å². The molecule has 2 heterocycles. The lowest BCUT2D eigenvalue weighted by molar-refractivity contribution is 0.0688. The van der Waals surface area contributed by atoms with Crippen LogP contribution in [0, 0.1) is 5.92 Å². The third-order valence-corrected chi connectivity index (χ3v) is 3.04. The molecule has 18 heavy (non-hydrogen) atoms. The first-order valence-electron chi connectivity index (χ1n) is 5.94. The summed E-state index contributed by atoms with van der Waals surface area (Å²) in [5.41, 5.74) is 0.641. The van der Waals surface area contributed by atoms with Crippen molar-refractivity contribution in [2.75, 3.05) is 26.9 Å². The molecule has 1 aromatic heterocycles. The highest BCUT2D eigenvalue weighted by Crippen LogP contribution is 2.16. The number of aromatic carboxylic acids is 1. The normalized spacial score (nSPS) is 19.3. The van der Waals surface area contributed by atoms with Gasteiger partial charge >= 0.3 is 5.97 Å². The zero-order chi connectivity index (χ0) is 13.0. The summed E-state index contributed by atoms with van der Waals surface area (Å²) in [6, 6.07) is 0. The van der Waals surface area contributed by atoms with Crippen LogP contribution in [-0.4, -0.2) is 53.0 Å². The van der Waals surface area contributed by atoms with Crippen molar-refractivity contribution < 1.29 is 19.4 Å². The summed E-state index contributed by atoms with van der Waals surface area (Å²) in [4.78, 5) is 11.1. The molecule has 7 nitrogen and oxygen atoms in total. The van der Waals surface area contributed by atoms with E-state index in [4.69, 9.17) is 14.6 Å². The predicted molar refractivity (Wildman–Crippen MR) is 61.5 cm³/mol. The van der Waals surface area contributed by atoms with Gasteiger partial charge in [0.15, 0.2) is 5.69 Å². The van der Waals surface area contributed by atoms with E-state index >= 15 is 0 Å². The number of carbonyl (C=O) groups is 1. The van der Waals surface area contributed by atoms with E-state index in [0.29, 0.717) is 37.8 Å². The van der Waals surface area contributed by atoms with Crippen molar-refractivity contribution in [3.05, 3.63) is 11.4 Å². The van der Waals surface area contributed by atoms with E-state index in [0.717, 1.165) is 13.0 Å². The first-order valence-corrected chi connectivity index (χ1v) is 5.94. The van der Waals surface area contributed by atoms with E-state index < -0.39 is 5.97 Å². The minimum absolute atomic E-state index is 0.0194. The van der Waals surface area contributed by atoms with Crippen LogP contribution in [0.15, 0.2) is 0 Å². The molecule has 1 saturated heterocycles. The standard InChI is InChI=1S/C11H17N3O4/c1-17-4-3-9-10(11(15)16)12-13-14(9)6-8-2-5-18-7-8/h8H,2-7H2,1H3,(H,15,16). The lowest BCUT2D eigenvalue weighted by Gasteiger charge is -2.10. The number of nitrogens with zero attached hydrogens (tertiary/aromatic N) is 3. The van der Waals surface area contributed by atoms with E-state index in [1.165, 1.54) is 0 Å². The highest BCUT2D eigenvalue weighted by Gasteiger charge is 2.22. The Kier molecular flexibility index (Phi) is 4.27. The summed E-state index contributed by atoms with van der Waals surface area (Å²) in [5.74, 6) is -0.662. The van der Waals surface area contributed by atoms with E-state index in [2.05, 4.69) is 10.3 Å². The summed E-state index contributed by atoms with van der Waals surface area (Å²) < 4.78 is 12.0. The third-order valence-electron chi connectivity index (χ3n) is 3.04. The Hall–Kier alpha value is -1.47. The van der Waals surface area contributed by atoms with Crippen LogP contribution >= 0.6 is 0 Å². The maximum atomic E-state index is 11.1. The SMILES string of the molecule is COCCc1c(C(=O)O)nnn1CC1CCOC1. The lowest BCUT2D eigenvalue weighted by atomic mass is 10.1. The van der Waals surface area contributed by atoms with Gasteiger partial charge in [-0.3, -0.25) is 0 Å². The van der Waals surface area contributed by atoms with Gasteiger partial charge in [0.05, 0.1) is 18.9 Å². The zero-order valence-electron chi connectivity index (χ0n) is 10.3. The highest BCUT2D eigenvalue weighted by molar-refractivity contribution is 5.86. The molecule has 1 fully saturated rings. The first-order chi connectivity index (χ1) is 8.72. The summed E-state index contributed by atoms with van der Waals surface area (Å²) >= 11 is 0. The van der Waals surface area contributed by atoms with Crippen LogP contribution in [0.1, 0.15) is 22.6 Å². The second kappa shape index (κ2) is 5.92. The zero-order valence-corrected chi connectivity index (χ0v) is 10.3. The fraction of sp³-hybridized carbons (Fsp3) is 0.727. The molecule has 0 aliphatic carbocycles. The Bertz CT molecular complexity index is 412. The molecule has 100 valence electrons. The van der Waals surface area contributed by atoms with Gasteiger partial charge in [-0.15, -0.1) is 5.10 Å². The van der Waals surface area contributed by atoms with Crippen molar-refractivity contribution in [3.8, 4) is 0 Å². The van der Waals surface area contributed by atoms with Crippen molar-refractivity contribution in [1.82, 2.24) is 15.0 Å². The maximum Gasteiger partial charge on any atom is 0.358 e. The fourth-order valence-electron chi connectivity index (χ4n) is 2.06. The number of carboxylic acid groups (broad SMARTS) is 1. The Labute approximate surface area is 105 Å². The number of hydrogen-bond donors (Lipinski definition) is 1. The number of carboxylic acids is 1. The maximum absolute atomic E-state index is 11.1. The second-order valence-electron chi connectivity index (χ2n) is 4.34. The van der Waals surface area contributed by atoms with Gasteiger partial charge in [-0.25, -0.2) is 9.48 Å². The molecule has 0 radical (unpaired) electrons. The molecule has 0 amide bonds. The molecule has 7 heteroatoms. The molecule has 2 rings (SSSR count). The number of aromatic nitrogens is 3. The summed E-state index contributed by atoms with van der Waals surface area (Å²) in [5, 5.41) is 16.7. The number of ether oxygens (including phenoxy) is 2. The number of rotatable bonds is 6. The topological polar surface area (TPSA) is 86.5 Å². The largest absolute Gasteiger partial charge is 0.476 e. The van der Waals surface area contributed by atoms with Gasteiger partial charge in [0.25, 0.3) is 0 Å². The lowest BCUT2D eigenvalue weighted by Crippen LogP contribution is -2.16. The van der Waals surface area contributed by atoms with Crippen molar-refractivity contribution in [2.45, 2.75) is 19.4 Å². The van der Waals surface area contributed by atoms with Crippen LogP contribution in [0.3, 0.4) is 0 Å². The molecule has 1 atom stereocenters. The van der Waals surface area contributed by atoms with E-state index in [-0.39, 0.29) is 5.69 Å². The van der Waals surface area contributed by atoms with Crippen molar-refractivity contribution in [2.24, 2.45) is 5.92 Å².